The van der Waals surface area contributed by atoms with E-state index >= 15 is 0 Å². The minimum Gasteiger partial charge on any atom is -0.507 e. The molecule has 4 nitrogen and oxygen atoms in total. The van der Waals surface area contributed by atoms with E-state index in [0.29, 0.717) is 19.3 Å². The number of phenols is 1. The van der Waals surface area contributed by atoms with Crippen LogP contribution in [0.3, 0.4) is 0 Å². The van der Waals surface area contributed by atoms with Gasteiger partial charge in [-0.2, -0.15) is 0 Å². The molecule has 114 valence electrons. The van der Waals surface area contributed by atoms with Crippen molar-refractivity contribution in [2.75, 3.05) is 0 Å². The van der Waals surface area contributed by atoms with Gasteiger partial charge in [0, 0.05) is 12.8 Å². The fraction of sp³-hybridized carbons (Fsp3) is 0.222. The molecule has 4 heteroatoms. The van der Waals surface area contributed by atoms with E-state index in [-0.39, 0.29) is 23.5 Å². The van der Waals surface area contributed by atoms with Gasteiger partial charge in [0.25, 0.3) is 0 Å². The van der Waals surface area contributed by atoms with Crippen molar-refractivity contribution >= 4 is 11.8 Å². The minimum absolute atomic E-state index is 0.00240. The van der Waals surface area contributed by atoms with Gasteiger partial charge >= 0.3 is 5.97 Å². The quantitative estimate of drug-likeness (QED) is 0.770. The molecule has 0 spiro atoms. The smallest absolute Gasteiger partial charge is 0.303 e. The second-order valence-corrected chi connectivity index (χ2v) is 5.15. The van der Waals surface area contributed by atoms with E-state index in [9.17, 15) is 14.7 Å². The summed E-state index contributed by atoms with van der Waals surface area (Å²) >= 11 is 0. The number of carbonyl (C=O) groups excluding carboxylic acids is 1. The third kappa shape index (κ3) is 4.45. The van der Waals surface area contributed by atoms with Crippen LogP contribution in [-0.2, 0) is 17.6 Å². The number of aromatic hydroxyl groups is 1. The van der Waals surface area contributed by atoms with Crippen LogP contribution >= 0.6 is 0 Å². The van der Waals surface area contributed by atoms with Crippen LogP contribution in [0.5, 0.6) is 5.75 Å². The SMILES string of the molecule is O=C(O)CCc1ccc(O)c(C(=O)CCc2ccccc2)c1. The molecule has 0 atom stereocenters. The second-order valence-electron chi connectivity index (χ2n) is 5.15. The summed E-state index contributed by atoms with van der Waals surface area (Å²) in [5, 5.41) is 18.5. The van der Waals surface area contributed by atoms with Crippen molar-refractivity contribution in [3.63, 3.8) is 0 Å². The van der Waals surface area contributed by atoms with E-state index in [1.165, 1.54) is 6.07 Å². The first-order chi connectivity index (χ1) is 10.6. The normalized spacial score (nSPS) is 10.4. The van der Waals surface area contributed by atoms with Gasteiger partial charge in [-0.15, -0.1) is 0 Å². The van der Waals surface area contributed by atoms with E-state index in [1.54, 1.807) is 12.1 Å². The summed E-state index contributed by atoms with van der Waals surface area (Å²) in [5.74, 6) is -1.08. The zero-order chi connectivity index (χ0) is 15.9. The standard InChI is InChI=1S/C18H18O4/c19-16(9-6-13-4-2-1-3-5-13)15-12-14(7-10-17(15)20)8-11-18(21)22/h1-5,7,10,12,20H,6,8-9,11H2,(H,21,22). The van der Waals surface area contributed by atoms with E-state index in [0.717, 1.165) is 11.1 Å². The molecule has 0 bridgehead atoms. The highest BCUT2D eigenvalue weighted by Crippen LogP contribution is 2.22. The summed E-state index contributed by atoms with van der Waals surface area (Å²) in [6.45, 7) is 0. The Morgan fingerprint density at radius 3 is 2.23 bits per heavy atom. The average Bonchev–Trinajstić information content (AvgIpc) is 2.52. The predicted octanol–water partition coefficient (Wildman–Crippen LogP) is 3.22. The molecule has 2 rings (SSSR count). The summed E-state index contributed by atoms with van der Waals surface area (Å²) in [6, 6.07) is 14.4. The topological polar surface area (TPSA) is 74.6 Å². The molecule has 0 aliphatic rings. The minimum atomic E-state index is -0.884. The molecule has 2 aromatic rings. The number of hydrogen-bond acceptors (Lipinski definition) is 3. The molecule has 0 aliphatic carbocycles. The Bertz CT molecular complexity index is 662. The predicted molar refractivity (Wildman–Crippen MR) is 83.2 cm³/mol. The summed E-state index contributed by atoms with van der Waals surface area (Å²) < 4.78 is 0. The molecule has 0 fully saturated rings. The van der Waals surface area contributed by atoms with Crippen molar-refractivity contribution < 1.29 is 19.8 Å². The number of carboxylic acid groups (broad SMARTS) is 1. The molecule has 0 saturated carbocycles. The van der Waals surface area contributed by atoms with Crippen LogP contribution in [0.15, 0.2) is 48.5 Å². The Morgan fingerprint density at radius 2 is 1.55 bits per heavy atom. The van der Waals surface area contributed by atoms with Gasteiger partial charge in [0.2, 0.25) is 0 Å². The third-order valence-electron chi connectivity index (χ3n) is 3.47. The lowest BCUT2D eigenvalue weighted by atomic mass is 9.99. The summed E-state index contributed by atoms with van der Waals surface area (Å²) in [4.78, 5) is 22.9. The third-order valence-corrected chi connectivity index (χ3v) is 3.47. The maximum Gasteiger partial charge on any atom is 0.303 e. The Balaban J connectivity index is 2.04. The molecule has 0 amide bonds. The van der Waals surface area contributed by atoms with E-state index < -0.39 is 5.97 Å². The Kier molecular flexibility index (Phi) is 5.31. The van der Waals surface area contributed by atoms with Gasteiger partial charge in [-0.3, -0.25) is 9.59 Å². The monoisotopic (exact) mass is 298 g/mol. The molecule has 2 aromatic carbocycles. The number of aliphatic carboxylic acids is 1. The van der Waals surface area contributed by atoms with Crippen LogP contribution in [0.25, 0.3) is 0 Å². The van der Waals surface area contributed by atoms with Crippen LogP contribution in [0, 0.1) is 0 Å². The van der Waals surface area contributed by atoms with Gasteiger partial charge in [-0.05, 0) is 36.1 Å². The zero-order valence-corrected chi connectivity index (χ0v) is 12.2. The van der Waals surface area contributed by atoms with E-state index in [1.807, 2.05) is 30.3 Å². The van der Waals surface area contributed by atoms with Crippen LogP contribution in [0.4, 0.5) is 0 Å². The van der Waals surface area contributed by atoms with Crippen LogP contribution in [0.2, 0.25) is 0 Å². The second kappa shape index (κ2) is 7.41. The molecule has 2 N–H and O–H groups in total. The number of carboxylic acids is 1. The molecular formula is C18H18O4. The maximum absolute atomic E-state index is 12.3. The van der Waals surface area contributed by atoms with Crippen molar-refractivity contribution in [3.05, 3.63) is 65.2 Å². The van der Waals surface area contributed by atoms with Gasteiger partial charge in [0.05, 0.1) is 5.56 Å². The van der Waals surface area contributed by atoms with Crippen LogP contribution < -0.4 is 0 Å². The molecule has 0 aromatic heterocycles. The highest BCUT2D eigenvalue weighted by Gasteiger charge is 2.12. The van der Waals surface area contributed by atoms with Crippen molar-refractivity contribution in [1.29, 1.82) is 0 Å². The van der Waals surface area contributed by atoms with Crippen molar-refractivity contribution in [2.24, 2.45) is 0 Å². The van der Waals surface area contributed by atoms with Gasteiger partial charge in [-0.25, -0.2) is 0 Å². The highest BCUT2D eigenvalue weighted by molar-refractivity contribution is 5.98. The molecule has 22 heavy (non-hydrogen) atoms. The summed E-state index contributed by atoms with van der Waals surface area (Å²) in [5.41, 5.74) is 2.07. The zero-order valence-electron chi connectivity index (χ0n) is 12.2. The Labute approximate surface area is 129 Å². The van der Waals surface area contributed by atoms with Crippen molar-refractivity contribution in [2.45, 2.75) is 25.7 Å². The number of hydrogen-bond donors (Lipinski definition) is 2. The summed E-state index contributed by atoms with van der Waals surface area (Å²) in [6.07, 6.45) is 1.26. The number of aryl methyl sites for hydroxylation is 2. The molecule has 0 heterocycles. The first-order valence-electron chi connectivity index (χ1n) is 7.17. The largest absolute Gasteiger partial charge is 0.507 e. The van der Waals surface area contributed by atoms with Crippen LogP contribution in [-0.4, -0.2) is 22.0 Å². The lowest BCUT2D eigenvalue weighted by molar-refractivity contribution is -0.136. The van der Waals surface area contributed by atoms with Gasteiger partial charge in [0.15, 0.2) is 5.78 Å². The first-order valence-corrected chi connectivity index (χ1v) is 7.17. The molecule has 0 radical (unpaired) electrons. The van der Waals surface area contributed by atoms with Crippen molar-refractivity contribution in [1.82, 2.24) is 0 Å². The molecular weight excluding hydrogens is 280 g/mol. The van der Waals surface area contributed by atoms with E-state index in [4.69, 9.17) is 5.11 Å². The van der Waals surface area contributed by atoms with Gasteiger partial charge < -0.3 is 10.2 Å². The number of rotatable bonds is 7. The van der Waals surface area contributed by atoms with Crippen LogP contribution in [0.1, 0.15) is 34.3 Å². The Hall–Kier alpha value is -2.62. The first kappa shape index (κ1) is 15.8. The fourth-order valence-electron chi connectivity index (χ4n) is 2.25. The number of benzene rings is 2. The average molecular weight is 298 g/mol. The summed E-state index contributed by atoms with van der Waals surface area (Å²) in [7, 11) is 0. The molecule has 0 unspecified atom stereocenters. The number of carbonyl (C=O) groups is 2. The Morgan fingerprint density at radius 1 is 0.864 bits per heavy atom. The lowest BCUT2D eigenvalue weighted by Crippen LogP contribution is -2.04. The molecule has 0 saturated heterocycles. The van der Waals surface area contributed by atoms with Gasteiger partial charge in [0.1, 0.15) is 5.75 Å². The van der Waals surface area contributed by atoms with E-state index in [2.05, 4.69) is 0 Å². The highest BCUT2D eigenvalue weighted by atomic mass is 16.4. The number of phenolic OH excluding ortho intramolecular Hbond substituents is 1. The fourth-order valence-corrected chi connectivity index (χ4v) is 2.25. The molecule has 0 aliphatic heterocycles. The lowest BCUT2D eigenvalue weighted by Gasteiger charge is -2.07. The van der Waals surface area contributed by atoms with Gasteiger partial charge in [-0.1, -0.05) is 36.4 Å². The number of Topliss-reactive ketones (excluding diaryl/α,β-unsaturated/α-hetero) is 1. The van der Waals surface area contributed by atoms with Crippen molar-refractivity contribution in [3.8, 4) is 5.75 Å². The maximum atomic E-state index is 12.3. The number of ketones is 1.